The third-order valence-corrected chi connectivity index (χ3v) is 4.44. The molecule has 0 spiro atoms. The monoisotopic (exact) mass is 343 g/mol. The first-order valence-corrected chi connectivity index (χ1v) is 7.35. The molecule has 0 radical (unpaired) electrons. The van der Waals surface area contributed by atoms with Crippen LogP contribution in [0.2, 0.25) is 0 Å². The van der Waals surface area contributed by atoms with E-state index in [0.717, 1.165) is 26.7 Å². The Morgan fingerprint density at radius 1 is 1.19 bits per heavy atom. The van der Waals surface area contributed by atoms with Crippen LogP contribution >= 0.6 is 15.9 Å². The van der Waals surface area contributed by atoms with Crippen molar-refractivity contribution in [3.63, 3.8) is 0 Å². The second-order valence-electron chi connectivity index (χ2n) is 4.91. The summed E-state index contributed by atoms with van der Waals surface area (Å²) in [7, 11) is 1.62. The molecule has 0 unspecified atom stereocenters. The van der Waals surface area contributed by atoms with E-state index in [1.54, 1.807) is 13.3 Å². The molecule has 0 aliphatic carbocycles. The van der Waals surface area contributed by atoms with Gasteiger partial charge in [0, 0.05) is 32.7 Å². The number of carbonyl (C=O) groups excluding carboxylic acids is 1. The molecule has 3 rings (SSSR count). The largest absolute Gasteiger partial charge is 0.497 e. The number of halogens is 1. The molecule has 3 nitrogen and oxygen atoms in total. The number of H-pyrrole nitrogens is 1. The van der Waals surface area contributed by atoms with Crippen LogP contribution in [0.1, 0.15) is 21.5 Å². The Kier molecular flexibility index (Phi) is 3.55. The topological polar surface area (TPSA) is 42.1 Å². The van der Waals surface area contributed by atoms with Crippen molar-refractivity contribution in [2.24, 2.45) is 0 Å². The zero-order valence-corrected chi connectivity index (χ0v) is 13.3. The number of ether oxygens (including phenoxy) is 1. The number of aromatic amines is 1. The van der Waals surface area contributed by atoms with E-state index in [1.165, 1.54) is 0 Å². The molecular formula is C17H14BrNO2. The average molecular weight is 344 g/mol. The molecule has 106 valence electrons. The molecule has 0 amide bonds. The van der Waals surface area contributed by atoms with Gasteiger partial charge >= 0.3 is 0 Å². The number of rotatable bonds is 3. The van der Waals surface area contributed by atoms with Gasteiger partial charge in [0.1, 0.15) is 5.75 Å². The van der Waals surface area contributed by atoms with Crippen molar-refractivity contribution >= 4 is 32.6 Å². The van der Waals surface area contributed by atoms with Crippen molar-refractivity contribution in [3.05, 3.63) is 63.8 Å². The van der Waals surface area contributed by atoms with Gasteiger partial charge in [-0.05, 0) is 48.9 Å². The molecule has 0 aliphatic rings. The zero-order chi connectivity index (χ0) is 15.0. The van der Waals surface area contributed by atoms with Crippen molar-refractivity contribution in [3.8, 4) is 5.75 Å². The molecule has 0 saturated heterocycles. The summed E-state index contributed by atoms with van der Waals surface area (Å²) in [6, 6.07) is 11.3. The number of benzene rings is 2. The molecule has 0 fully saturated rings. The Bertz CT molecular complexity index is 836. The third-order valence-electron chi connectivity index (χ3n) is 3.55. The first-order chi connectivity index (χ1) is 10.1. The van der Waals surface area contributed by atoms with Crippen LogP contribution in [0.4, 0.5) is 0 Å². The van der Waals surface area contributed by atoms with Crippen LogP contribution in [0.15, 0.2) is 47.1 Å². The lowest BCUT2D eigenvalue weighted by atomic mass is 10.0. The molecule has 0 saturated carbocycles. The maximum absolute atomic E-state index is 12.7. The summed E-state index contributed by atoms with van der Waals surface area (Å²) in [4.78, 5) is 15.8. The van der Waals surface area contributed by atoms with Gasteiger partial charge in [-0.25, -0.2) is 0 Å². The number of methoxy groups -OCH3 is 1. The fourth-order valence-corrected chi connectivity index (χ4v) is 2.60. The van der Waals surface area contributed by atoms with Gasteiger partial charge in [0.15, 0.2) is 5.78 Å². The van der Waals surface area contributed by atoms with E-state index >= 15 is 0 Å². The Balaban J connectivity index is 2.10. The molecule has 21 heavy (non-hydrogen) atoms. The summed E-state index contributed by atoms with van der Waals surface area (Å²) < 4.78 is 6.24. The number of aryl methyl sites for hydroxylation is 1. The average Bonchev–Trinajstić information content (AvgIpc) is 2.92. The van der Waals surface area contributed by atoms with Crippen LogP contribution in [0.5, 0.6) is 5.75 Å². The van der Waals surface area contributed by atoms with Crippen molar-refractivity contribution in [2.45, 2.75) is 6.92 Å². The molecule has 0 atom stereocenters. The van der Waals surface area contributed by atoms with Gasteiger partial charge in [-0.15, -0.1) is 0 Å². The number of fused-ring (bicyclic) bond motifs is 1. The highest BCUT2D eigenvalue weighted by molar-refractivity contribution is 9.10. The summed E-state index contributed by atoms with van der Waals surface area (Å²) in [6.45, 7) is 1.97. The SMILES string of the molecule is COc1ccc2[nH]cc(C(=O)c3ccc(Br)c(C)c3)c2c1. The predicted molar refractivity (Wildman–Crippen MR) is 87.2 cm³/mol. The summed E-state index contributed by atoms with van der Waals surface area (Å²) >= 11 is 3.45. The van der Waals surface area contributed by atoms with Crippen LogP contribution in [-0.2, 0) is 0 Å². The first kappa shape index (κ1) is 13.9. The Morgan fingerprint density at radius 3 is 2.71 bits per heavy atom. The van der Waals surface area contributed by atoms with Gasteiger partial charge < -0.3 is 9.72 Å². The van der Waals surface area contributed by atoms with Gasteiger partial charge in [-0.3, -0.25) is 4.79 Å². The van der Waals surface area contributed by atoms with E-state index in [-0.39, 0.29) is 5.78 Å². The minimum absolute atomic E-state index is 0.00473. The summed E-state index contributed by atoms with van der Waals surface area (Å²) in [6.07, 6.45) is 1.75. The predicted octanol–water partition coefficient (Wildman–Crippen LogP) is 4.48. The Morgan fingerprint density at radius 2 is 2.00 bits per heavy atom. The van der Waals surface area contributed by atoms with Crippen LogP contribution in [0.25, 0.3) is 10.9 Å². The molecule has 4 heteroatoms. The molecule has 1 heterocycles. The van der Waals surface area contributed by atoms with Crippen LogP contribution in [-0.4, -0.2) is 17.9 Å². The van der Waals surface area contributed by atoms with E-state index in [2.05, 4.69) is 20.9 Å². The highest BCUT2D eigenvalue weighted by Gasteiger charge is 2.15. The first-order valence-electron chi connectivity index (χ1n) is 6.56. The normalized spacial score (nSPS) is 10.8. The second kappa shape index (κ2) is 5.37. The van der Waals surface area contributed by atoms with E-state index in [4.69, 9.17) is 4.74 Å². The number of carbonyl (C=O) groups is 1. The number of hydrogen-bond acceptors (Lipinski definition) is 2. The van der Waals surface area contributed by atoms with E-state index < -0.39 is 0 Å². The maximum Gasteiger partial charge on any atom is 0.195 e. The summed E-state index contributed by atoms with van der Waals surface area (Å²) in [5, 5.41) is 0.875. The molecule has 0 aliphatic heterocycles. The number of nitrogens with one attached hydrogen (secondary N) is 1. The van der Waals surface area contributed by atoms with E-state index in [0.29, 0.717) is 11.1 Å². The molecular weight excluding hydrogens is 330 g/mol. The van der Waals surface area contributed by atoms with Crippen molar-refractivity contribution in [1.29, 1.82) is 0 Å². The fraction of sp³-hybridized carbons (Fsp3) is 0.118. The molecule has 1 N–H and O–H groups in total. The molecule has 2 aromatic carbocycles. The van der Waals surface area contributed by atoms with Crippen LogP contribution in [0.3, 0.4) is 0 Å². The number of hydrogen-bond donors (Lipinski definition) is 1. The number of aromatic nitrogens is 1. The second-order valence-corrected chi connectivity index (χ2v) is 5.76. The van der Waals surface area contributed by atoms with Gasteiger partial charge in [-0.2, -0.15) is 0 Å². The highest BCUT2D eigenvalue weighted by Crippen LogP contribution is 2.26. The lowest BCUT2D eigenvalue weighted by Gasteiger charge is -2.04. The Hall–Kier alpha value is -2.07. The highest BCUT2D eigenvalue weighted by atomic mass is 79.9. The van der Waals surface area contributed by atoms with Gasteiger partial charge in [0.25, 0.3) is 0 Å². The van der Waals surface area contributed by atoms with Crippen LogP contribution < -0.4 is 4.74 Å². The molecule has 0 bridgehead atoms. The Labute approximate surface area is 131 Å². The smallest absolute Gasteiger partial charge is 0.195 e. The number of ketones is 1. The third kappa shape index (κ3) is 2.47. The molecule has 3 aromatic rings. The molecule has 1 aromatic heterocycles. The van der Waals surface area contributed by atoms with Gasteiger partial charge in [-0.1, -0.05) is 15.9 Å². The summed E-state index contributed by atoms with van der Waals surface area (Å²) in [5.41, 5.74) is 3.30. The van der Waals surface area contributed by atoms with Crippen molar-refractivity contribution < 1.29 is 9.53 Å². The van der Waals surface area contributed by atoms with E-state index in [1.807, 2.05) is 43.3 Å². The van der Waals surface area contributed by atoms with Crippen molar-refractivity contribution in [1.82, 2.24) is 4.98 Å². The van der Waals surface area contributed by atoms with Gasteiger partial charge in [0.05, 0.1) is 7.11 Å². The zero-order valence-electron chi connectivity index (χ0n) is 11.7. The van der Waals surface area contributed by atoms with Crippen molar-refractivity contribution in [2.75, 3.05) is 7.11 Å². The lowest BCUT2D eigenvalue weighted by molar-refractivity contribution is 0.104. The summed E-state index contributed by atoms with van der Waals surface area (Å²) in [5.74, 6) is 0.744. The van der Waals surface area contributed by atoms with Gasteiger partial charge in [0.2, 0.25) is 0 Å². The standard InChI is InChI=1S/C17H14BrNO2/c1-10-7-11(3-5-15(10)18)17(20)14-9-19-16-6-4-12(21-2)8-13(14)16/h3-9,19H,1-2H3. The van der Waals surface area contributed by atoms with E-state index in [9.17, 15) is 4.79 Å². The van der Waals surface area contributed by atoms with Crippen LogP contribution in [0, 0.1) is 6.92 Å². The minimum Gasteiger partial charge on any atom is -0.497 e. The quantitative estimate of drug-likeness (QED) is 0.712. The lowest BCUT2D eigenvalue weighted by Crippen LogP contribution is -2.01. The minimum atomic E-state index is 0.00473. The maximum atomic E-state index is 12.7. The fourth-order valence-electron chi connectivity index (χ4n) is 2.36.